The maximum Gasteiger partial charge on any atom is 0.277 e. The number of benzene rings is 2. The van der Waals surface area contributed by atoms with Crippen molar-refractivity contribution in [1.82, 2.24) is 15.0 Å². The Balaban J connectivity index is 1.36. The highest BCUT2D eigenvalue weighted by atomic mass is 35.5. The van der Waals surface area contributed by atoms with E-state index in [1.807, 2.05) is 12.1 Å². The molecule has 1 aliphatic carbocycles. The summed E-state index contributed by atoms with van der Waals surface area (Å²) < 4.78 is 1.45. The third-order valence-corrected chi connectivity index (χ3v) is 6.01. The minimum absolute atomic E-state index is 0.0321. The van der Waals surface area contributed by atoms with Gasteiger partial charge in [0.05, 0.1) is 16.1 Å². The molecule has 1 amide bonds. The fraction of sp³-hybridized carbons (Fsp3) is 0.333. The summed E-state index contributed by atoms with van der Waals surface area (Å²) in [5.74, 6) is 0.194. The molecule has 3 aromatic rings. The fourth-order valence-electron chi connectivity index (χ4n) is 3.82. The summed E-state index contributed by atoms with van der Waals surface area (Å²) in [7, 11) is 0. The number of anilines is 1. The van der Waals surface area contributed by atoms with Gasteiger partial charge in [0.15, 0.2) is 0 Å². The molecular formula is C21H20Cl2N4O2. The predicted molar refractivity (Wildman–Crippen MR) is 114 cm³/mol. The number of aromatic nitrogens is 3. The highest BCUT2D eigenvalue weighted by Gasteiger charge is 2.27. The van der Waals surface area contributed by atoms with Crippen LogP contribution < -0.4 is 10.9 Å². The largest absolute Gasteiger partial charge is 0.325 e. The molecule has 0 unspecified atom stereocenters. The van der Waals surface area contributed by atoms with Crippen molar-refractivity contribution in [2.75, 3.05) is 5.32 Å². The monoisotopic (exact) mass is 430 g/mol. The van der Waals surface area contributed by atoms with E-state index in [2.05, 4.69) is 15.6 Å². The van der Waals surface area contributed by atoms with Gasteiger partial charge in [0.1, 0.15) is 5.52 Å². The maximum absolute atomic E-state index is 12.6. The Morgan fingerprint density at radius 3 is 2.62 bits per heavy atom. The SMILES string of the molecule is O=C(Nc1ccc(Cl)cc1Cl)C1CCC(Cn2nnc3ccccc3c2=O)CC1. The van der Waals surface area contributed by atoms with Crippen molar-refractivity contribution in [3.8, 4) is 0 Å². The highest BCUT2D eigenvalue weighted by Crippen LogP contribution is 2.32. The molecule has 0 spiro atoms. The van der Waals surface area contributed by atoms with E-state index in [0.717, 1.165) is 25.7 Å². The van der Waals surface area contributed by atoms with Gasteiger partial charge in [-0.25, -0.2) is 4.68 Å². The smallest absolute Gasteiger partial charge is 0.277 e. The third kappa shape index (κ3) is 4.43. The molecule has 1 aliphatic rings. The van der Waals surface area contributed by atoms with E-state index in [4.69, 9.17) is 23.2 Å². The molecule has 1 aromatic heterocycles. The Kier molecular flexibility index (Phi) is 5.83. The van der Waals surface area contributed by atoms with Crippen molar-refractivity contribution in [1.29, 1.82) is 0 Å². The summed E-state index contributed by atoms with van der Waals surface area (Å²) in [5.41, 5.74) is 1.06. The van der Waals surface area contributed by atoms with Crippen molar-refractivity contribution < 1.29 is 4.79 Å². The first-order valence-electron chi connectivity index (χ1n) is 9.59. The van der Waals surface area contributed by atoms with Gasteiger partial charge < -0.3 is 5.32 Å². The molecule has 0 atom stereocenters. The average Bonchev–Trinajstić information content (AvgIpc) is 2.73. The van der Waals surface area contributed by atoms with Crippen LogP contribution >= 0.6 is 23.2 Å². The van der Waals surface area contributed by atoms with E-state index in [1.165, 1.54) is 4.68 Å². The van der Waals surface area contributed by atoms with Crippen LogP contribution in [0.25, 0.3) is 10.9 Å². The summed E-state index contributed by atoms with van der Waals surface area (Å²) in [6.45, 7) is 0.522. The Labute approximate surface area is 177 Å². The molecule has 29 heavy (non-hydrogen) atoms. The van der Waals surface area contributed by atoms with Crippen molar-refractivity contribution in [3.63, 3.8) is 0 Å². The second-order valence-corrected chi connectivity index (χ2v) is 8.27. The number of rotatable bonds is 4. The lowest BCUT2D eigenvalue weighted by Crippen LogP contribution is -2.32. The number of carbonyl (C=O) groups excluding carboxylic acids is 1. The molecule has 4 rings (SSSR count). The number of hydrogen-bond donors (Lipinski definition) is 1. The number of nitrogens with one attached hydrogen (secondary N) is 1. The van der Waals surface area contributed by atoms with Gasteiger partial charge in [0.25, 0.3) is 5.56 Å². The first-order valence-corrected chi connectivity index (χ1v) is 10.4. The molecule has 0 aliphatic heterocycles. The summed E-state index contributed by atoms with van der Waals surface area (Å²) in [5, 5.41) is 12.6. The number of carbonyl (C=O) groups is 1. The molecule has 150 valence electrons. The van der Waals surface area contributed by atoms with E-state index >= 15 is 0 Å². The summed E-state index contributed by atoms with van der Waals surface area (Å²) in [6.07, 6.45) is 3.23. The van der Waals surface area contributed by atoms with Crippen LogP contribution in [0.1, 0.15) is 25.7 Å². The number of nitrogens with zero attached hydrogens (tertiary/aromatic N) is 3. The molecule has 2 aromatic carbocycles. The Morgan fingerprint density at radius 2 is 1.86 bits per heavy atom. The Morgan fingerprint density at radius 1 is 1.10 bits per heavy atom. The summed E-state index contributed by atoms with van der Waals surface area (Å²) >= 11 is 12.0. The molecule has 1 fully saturated rings. The van der Waals surface area contributed by atoms with Gasteiger partial charge in [-0.15, -0.1) is 5.10 Å². The van der Waals surface area contributed by atoms with Crippen molar-refractivity contribution >= 4 is 45.7 Å². The minimum Gasteiger partial charge on any atom is -0.325 e. The maximum atomic E-state index is 12.6. The van der Waals surface area contributed by atoms with Gasteiger partial charge in [0.2, 0.25) is 5.91 Å². The van der Waals surface area contributed by atoms with Gasteiger partial charge in [-0.3, -0.25) is 9.59 Å². The highest BCUT2D eigenvalue weighted by molar-refractivity contribution is 6.36. The Hall–Kier alpha value is -2.44. The van der Waals surface area contributed by atoms with Crippen LogP contribution in [0.15, 0.2) is 47.3 Å². The van der Waals surface area contributed by atoms with Crippen LogP contribution in [0.4, 0.5) is 5.69 Å². The van der Waals surface area contributed by atoms with E-state index < -0.39 is 0 Å². The van der Waals surface area contributed by atoms with Crippen LogP contribution in [0, 0.1) is 11.8 Å². The van der Waals surface area contributed by atoms with Gasteiger partial charge >= 0.3 is 0 Å². The molecule has 1 saturated carbocycles. The van der Waals surface area contributed by atoms with Crippen molar-refractivity contribution in [2.45, 2.75) is 32.2 Å². The predicted octanol–water partition coefficient (Wildman–Crippen LogP) is 4.54. The van der Waals surface area contributed by atoms with Crippen LogP contribution in [-0.4, -0.2) is 20.9 Å². The van der Waals surface area contributed by atoms with Gasteiger partial charge in [-0.2, -0.15) is 0 Å². The van der Waals surface area contributed by atoms with E-state index in [0.29, 0.717) is 39.1 Å². The molecule has 0 saturated heterocycles. The van der Waals surface area contributed by atoms with Crippen LogP contribution in [0.2, 0.25) is 10.0 Å². The zero-order chi connectivity index (χ0) is 20.4. The van der Waals surface area contributed by atoms with E-state index in [-0.39, 0.29) is 17.4 Å². The molecule has 0 bridgehead atoms. The second-order valence-electron chi connectivity index (χ2n) is 7.42. The van der Waals surface area contributed by atoms with Crippen LogP contribution in [0.5, 0.6) is 0 Å². The lowest BCUT2D eigenvalue weighted by Gasteiger charge is -2.27. The van der Waals surface area contributed by atoms with Crippen LogP contribution in [0.3, 0.4) is 0 Å². The first-order chi connectivity index (χ1) is 14.0. The average molecular weight is 431 g/mol. The standard InChI is InChI=1S/C21H20Cl2N4O2/c22-15-9-10-19(17(23)11-15)24-20(28)14-7-5-13(6-8-14)12-27-21(29)16-3-1-2-4-18(16)25-26-27/h1-4,9-11,13-14H,5-8,12H2,(H,24,28). The number of amides is 1. The fourth-order valence-corrected chi connectivity index (χ4v) is 4.28. The molecule has 8 heteroatoms. The zero-order valence-electron chi connectivity index (χ0n) is 15.6. The van der Waals surface area contributed by atoms with E-state index in [9.17, 15) is 9.59 Å². The van der Waals surface area contributed by atoms with Crippen molar-refractivity contribution in [2.24, 2.45) is 11.8 Å². The third-order valence-electron chi connectivity index (χ3n) is 5.47. The first kappa shape index (κ1) is 19.9. The molecule has 6 nitrogen and oxygen atoms in total. The quantitative estimate of drug-likeness (QED) is 0.658. The zero-order valence-corrected chi connectivity index (χ0v) is 17.2. The van der Waals surface area contributed by atoms with E-state index in [1.54, 1.807) is 30.3 Å². The normalized spacial score (nSPS) is 19.2. The summed E-state index contributed by atoms with van der Waals surface area (Å²) in [4.78, 5) is 25.2. The number of fused-ring (bicyclic) bond motifs is 1. The summed E-state index contributed by atoms with van der Waals surface area (Å²) in [6, 6.07) is 12.2. The molecular weight excluding hydrogens is 411 g/mol. The lowest BCUT2D eigenvalue weighted by atomic mass is 9.81. The van der Waals surface area contributed by atoms with Crippen molar-refractivity contribution in [3.05, 3.63) is 62.9 Å². The lowest BCUT2D eigenvalue weighted by molar-refractivity contribution is -0.121. The molecule has 1 heterocycles. The minimum atomic E-state index is -0.118. The molecule has 0 radical (unpaired) electrons. The van der Waals surface area contributed by atoms with Gasteiger partial charge in [-0.05, 0) is 61.9 Å². The number of halogens is 2. The molecule has 1 N–H and O–H groups in total. The Bertz CT molecular complexity index is 1110. The van der Waals surface area contributed by atoms with Gasteiger partial charge in [-0.1, -0.05) is 40.5 Å². The van der Waals surface area contributed by atoms with Gasteiger partial charge in [0, 0.05) is 17.5 Å². The second kappa shape index (κ2) is 8.51. The topological polar surface area (TPSA) is 76.9 Å². The number of hydrogen-bond acceptors (Lipinski definition) is 4. The van der Waals surface area contributed by atoms with Crippen LogP contribution in [-0.2, 0) is 11.3 Å².